The van der Waals surface area contributed by atoms with Crippen molar-refractivity contribution in [2.75, 3.05) is 6.54 Å². The van der Waals surface area contributed by atoms with Crippen molar-refractivity contribution in [1.82, 2.24) is 10.6 Å². The lowest BCUT2D eigenvalue weighted by atomic mass is 10.2. The number of carbonyl (C=O) groups excluding carboxylic acids is 1. The van der Waals surface area contributed by atoms with Crippen molar-refractivity contribution in [2.45, 2.75) is 39.5 Å². The van der Waals surface area contributed by atoms with Crippen molar-refractivity contribution in [1.29, 1.82) is 0 Å². The van der Waals surface area contributed by atoms with Crippen molar-refractivity contribution in [3.63, 3.8) is 0 Å². The van der Waals surface area contributed by atoms with Gasteiger partial charge in [0.1, 0.15) is 5.75 Å². The molecule has 1 aromatic rings. The van der Waals surface area contributed by atoms with E-state index in [9.17, 15) is 4.79 Å². The molecule has 0 spiro atoms. The van der Waals surface area contributed by atoms with Gasteiger partial charge in [-0.3, -0.25) is 4.79 Å². The second kappa shape index (κ2) is 8.71. The van der Waals surface area contributed by atoms with E-state index in [1.807, 2.05) is 18.2 Å². The first-order valence-corrected chi connectivity index (χ1v) is 7.63. The van der Waals surface area contributed by atoms with Gasteiger partial charge in [-0.1, -0.05) is 35.7 Å². The maximum Gasteiger partial charge on any atom is 0.261 e. The standard InChI is InChI=1S/C16H21BrN2O2/c1-5-8-18-16(20)12(4)21-15-7-6-14(17)9-13(15)10-19-11(2)3/h1,6-7,9,11-12,19H,8,10H2,2-4H3,(H,18,20). The Labute approximate surface area is 134 Å². The van der Waals surface area contributed by atoms with Gasteiger partial charge < -0.3 is 15.4 Å². The molecule has 2 N–H and O–H groups in total. The minimum atomic E-state index is -0.600. The predicted octanol–water partition coefficient (Wildman–Crippen LogP) is 2.46. The molecule has 0 bridgehead atoms. The molecule has 114 valence electrons. The quantitative estimate of drug-likeness (QED) is 0.741. The van der Waals surface area contributed by atoms with Gasteiger partial charge >= 0.3 is 0 Å². The van der Waals surface area contributed by atoms with Gasteiger partial charge in [-0.05, 0) is 25.1 Å². The summed E-state index contributed by atoms with van der Waals surface area (Å²) in [5, 5.41) is 5.95. The molecule has 0 aliphatic rings. The summed E-state index contributed by atoms with van der Waals surface area (Å²) < 4.78 is 6.72. The first kappa shape index (κ1) is 17.5. The van der Waals surface area contributed by atoms with Crippen molar-refractivity contribution < 1.29 is 9.53 Å². The van der Waals surface area contributed by atoms with Crippen LogP contribution in [-0.2, 0) is 11.3 Å². The highest BCUT2D eigenvalue weighted by atomic mass is 79.9. The Balaban J connectivity index is 2.77. The highest BCUT2D eigenvalue weighted by Crippen LogP contribution is 2.24. The van der Waals surface area contributed by atoms with E-state index < -0.39 is 6.10 Å². The molecule has 0 heterocycles. The van der Waals surface area contributed by atoms with E-state index in [2.05, 4.69) is 46.3 Å². The topological polar surface area (TPSA) is 50.4 Å². The zero-order chi connectivity index (χ0) is 15.8. The smallest absolute Gasteiger partial charge is 0.261 e. The summed E-state index contributed by atoms with van der Waals surface area (Å²) in [7, 11) is 0. The molecule has 1 unspecified atom stereocenters. The highest BCUT2D eigenvalue weighted by Gasteiger charge is 2.16. The van der Waals surface area contributed by atoms with Gasteiger partial charge in [0.15, 0.2) is 6.10 Å². The molecular weight excluding hydrogens is 332 g/mol. The fourth-order valence-corrected chi connectivity index (χ4v) is 2.05. The van der Waals surface area contributed by atoms with Gasteiger partial charge in [0.05, 0.1) is 6.54 Å². The number of halogens is 1. The Bertz CT molecular complexity index is 523. The van der Waals surface area contributed by atoms with Crippen molar-refractivity contribution in [3.8, 4) is 18.1 Å². The number of rotatable bonds is 7. The molecule has 21 heavy (non-hydrogen) atoms. The summed E-state index contributed by atoms with van der Waals surface area (Å²) in [4.78, 5) is 11.8. The van der Waals surface area contributed by atoms with Gasteiger partial charge in [0.25, 0.3) is 5.91 Å². The van der Waals surface area contributed by atoms with E-state index in [0.29, 0.717) is 18.3 Å². The van der Waals surface area contributed by atoms with E-state index in [1.165, 1.54) is 0 Å². The maximum atomic E-state index is 11.8. The molecule has 5 heteroatoms. The summed E-state index contributed by atoms with van der Waals surface area (Å²) >= 11 is 3.45. The monoisotopic (exact) mass is 352 g/mol. The minimum Gasteiger partial charge on any atom is -0.481 e. The van der Waals surface area contributed by atoms with E-state index in [1.54, 1.807) is 6.92 Å². The van der Waals surface area contributed by atoms with Crippen LogP contribution in [-0.4, -0.2) is 24.6 Å². The van der Waals surface area contributed by atoms with E-state index >= 15 is 0 Å². The zero-order valence-corrected chi connectivity index (χ0v) is 14.2. The average Bonchev–Trinajstić information content (AvgIpc) is 2.44. The van der Waals surface area contributed by atoms with Gasteiger partial charge in [0, 0.05) is 22.6 Å². The molecule has 0 saturated heterocycles. The summed E-state index contributed by atoms with van der Waals surface area (Å²) in [6, 6.07) is 6.09. The molecule has 0 aliphatic carbocycles. The Kier molecular flexibility index (Phi) is 7.27. The molecule has 1 aromatic carbocycles. The van der Waals surface area contributed by atoms with Crippen LogP contribution >= 0.6 is 15.9 Å². The average molecular weight is 353 g/mol. The van der Waals surface area contributed by atoms with Gasteiger partial charge in [-0.2, -0.15) is 0 Å². The summed E-state index contributed by atoms with van der Waals surface area (Å²) in [5.41, 5.74) is 0.995. The fourth-order valence-electron chi connectivity index (χ4n) is 1.64. The second-order valence-electron chi connectivity index (χ2n) is 4.97. The van der Waals surface area contributed by atoms with Crippen LogP contribution < -0.4 is 15.4 Å². The molecule has 0 radical (unpaired) electrons. The van der Waals surface area contributed by atoms with Gasteiger partial charge in [-0.25, -0.2) is 0 Å². The molecule has 0 fully saturated rings. The predicted molar refractivity (Wildman–Crippen MR) is 88.1 cm³/mol. The number of hydrogen-bond acceptors (Lipinski definition) is 3. The minimum absolute atomic E-state index is 0.203. The number of terminal acetylenes is 1. The summed E-state index contributed by atoms with van der Waals surface area (Å²) in [5.74, 6) is 2.83. The molecular formula is C16H21BrN2O2. The number of nitrogens with one attached hydrogen (secondary N) is 2. The molecule has 1 amide bonds. The second-order valence-corrected chi connectivity index (χ2v) is 5.89. The highest BCUT2D eigenvalue weighted by molar-refractivity contribution is 9.10. The first-order valence-electron chi connectivity index (χ1n) is 6.83. The third-order valence-electron chi connectivity index (χ3n) is 2.76. The third-order valence-corrected chi connectivity index (χ3v) is 3.25. The van der Waals surface area contributed by atoms with Crippen molar-refractivity contribution >= 4 is 21.8 Å². The fraction of sp³-hybridized carbons (Fsp3) is 0.438. The Morgan fingerprint density at radius 3 is 2.76 bits per heavy atom. The zero-order valence-electron chi connectivity index (χ0n) is 12.6. The van der Waals surface area contributed by atoms with Crippen LogP contribution in [0, 0.1) is 12.3 Å². The number of amides is 1. The van der Waals surface area contributed by atoms with Crippen molar-refractivity contribution in [3.05, 3.63) is 28.2 Å². The molecule has 0 aliphatic heterocycles. The normalized spacial score (nSPS) is 11.8. The number of ether oxygens (including phenoxy) is 1. The van der Waals surface area contributed by atoms with Crippen LogP contribution in [0.3, 0.4) is 0 Å². The van der Waals surface area contributed by atoms with Crippen LogP contribution in [0.25, 0.3) is 0 Å². The first-order chi connectivity index (χ1) is 9.93. The molecule has 4 nitrogen and oxygen atoms in total. The molecule has 0 saturated carbocycles. The molecule has 1 atom stereocenters. The SMILES string of the molecule is C#CCNC(=O)C(C)Oc1ccc(Br)cc1CNC(C)C. The summed E-state index contributed by atoms with van der Waals surface area (Å²) in [6.45, 7) is 6.73. The number of hydrogen-bond donors (Lipinski definition) is 2. The largest absolute Gasteiger partial charge is 0.481 e. The third kappa shape index (κ3) is 6.19. The van der Waals surface area contributed by atoms with Gasteiger partial charge in [-0.15, -0.1) is 6.42 Å². The van der Waals surface area contributed by atoms with Crippen LogP contribution in [0.15, 0.2) is 22.7 Å². The van der Waals surface area contributed by atoms with Crippen LogP contribution in [0.4, 0.5) is 0 Å². The number of carbonyl (C=O) groups is 1. The van der Waals surface area contributed by atoms with Crippen molar-refractivity contribution in [2.24, 2.45) is 0 Å². The van der Waals surface area contributed by atoms with E-state index in [4.69, 9.17) is 11.2 Å². The molecule has 1 rings (SSSR count). The molecule has 0 aromatic heterocycles. The van der Waals surface area contributed by atoms with Crippen LogP contribution in [0.1, 0.15) is 26.3 Å². The lowest BCUT2D eigenvalue weighted by Crippen LogP contribution is -2.36. The maximum absolute atomic E-state index is 11.8. The van der Waals surface area contributed by atoms with Crippen LogP contribution in [0.5, 0.6) is 5.75 Å². The Morgan fingerprint density at radius 2 is 2.14 bits per heavy atom. The van der Waals surface area contributed by atoms with Gasteiger partial charge in [0.2, 0.25) is 0 Å². The lowest BCUT2D eigenvalue weighted by Gasteiger charge is -2.18. The summed E-state index contributed by atoms with van der Waals surface area (Å²) in [6.07, 6.45) is 4.52. The number of benzene rings is 1. The van der Waals surface area contributed by atoms with E-state index in [-0.39, 0.29) is 12.5 Å². The van der Waals surface area contributed by atoms with E-state index in [0.717, 1.165) is 10.0 Å². The Hall–Kier alpha value is -1.51. The van der Waals surface area contributed by atoms with Crippen LogP contribution in [0.2, 0.25) is 0 Å². The lowest BCUT2D eigenvalue weighted by molar-refractivity contribution is -0.127. The Morgan fingerprint density at radius 1 is 1.43 bits per heavy atom.